The van der Waals surface area contributed by atoms with Gasteiger partial charge in [0.15, 0.2) is 0 Å². The monoisotopic (exact) mass is 284 g/mol. The lowest BCUT2D eigenvalue weighted by Gasteiger charge is -2.07. The van der Waals surface area contributed by atoms with E-state index in [1.165, 1.54) is 0 Å². The highest BCUT2D eigenvalue weighted by Gasteiger charge is 2.04. The molecule has 3 aromatic rings. The summed E-state index contributed by atoms with van der Waals surface area (Å²) in [6.07, 6.45) is 5.10. The minimum Gasteiger partial charge on any atom is -0.389 e. The molecule has 0 spiro atoms. The molecule has 2 N–H and O–H groups in total. The van der Waals surface area contributed by atoms with Crippen LogP contribution in [0.1, 0.15) is 11.1 Å². The van der Waals surface area contributed by atoms with Gasteiger partial charge in [0.1, 0.15) is 10.5 Å². The van der Waals surface area contributed by atoms with Crippen LogP contribution in [0.15, 0.2) is 53.7 Å². The van der Waals surface area contributed by atoms with Gasteiger partial charge in [-0.25, -0.2) is 4.52 Å². The second kappa shape index (κ2) is 4.90. The van der Waals surface area contributed by atoms with Crippen LogP contribution in [-0.4, -0.2) is 19.2 Å². The van der Waals surface area contributed by atoms with Crippen molar-refractivity contribution in [1.82, 2.24) is 14.2 Å². The van der Waals surface area contributed by atoms with Crippen LogP contribution in [0, 0.1) is 0 Å². The van der Waals surface area contributed by atoms with Crippen molar-refractivity contribution < 1.29 is 0 Å². The third-order valence-corrected chi connectivity index (χ3v) is 3.37. The van der Waals surface area contributed by atoms with Crippen LogP contribution >= 0.6 is 12.2 Å². The van der Waals surface area contributed by atoms with Gasteiger partial charge in [0.05, 0.1) is 12.7 Å². The molecule has 2 aromatic heterocycles. The largest absolute Gasteiger partial charge is 0.389 e. The number of nitrogens with two attached hydrogens (primary N) is 1. The van der Waals surface area contributed by atoms with Gasteiger partial charge in [-0.05, 0) is 11.6 Å². The fourth-order valence-electron chi connectivity index (χ4n) is 2.06. The Kier molecular flexibility index (Phi) is 3.08. The summed E-state index contributed by atoms with van der Waals surface area (Å²) in [5.74, 6) is 0. The summed E-state index contributed by atoms with van der Waals surface area (Å²) in [6.45, 7) is 0.498. The fraction of sp³-hybridized carbons (Fsp3) is 0.0714. The van der Waals surface area contributed by atoms with E-state index in [1.54, 1.807) is 33.7 Å². The zero-order valence-electron chi connectivity index (χ0n) is 10.6. The van der Waals surface area contributed by atoms with Crippen LogP contribution in [0.5, 0.6) is 0 Å². The van der Waals surface area contributed by atoms with Crippen LogP contribution in [0.4, 0.5) is 0 Å². The molecule has 1 aromatic carbocycles. The lowest BCUT2D eigenvalue weighted by Crippen LogP contribution is -2.21. The van der Waals surface area contributed by atoms with Crippen molar-refractivity contribution in [2.24, 2.45) is 5.73 Å². The average Bonchev–Trinajstić information content (AvgIpc) is 2.92. The summed E-state index contributed by atoms with van der Waals surface area (Å²) >= 11 is 4.91. The molecule has 0 aliphatic rings. The van der Waals surface area contributed by atoms with Gasteiger partial charge in [-0.3, -0.25) is 4.79 Å². The highest BCUT2D eigenvalue weighted by molar-refractivity contribution is 7.80. The van der Waals surface area contributed by atoms with Crippen LogP contribution < -0.4 is 11.3 Å². The van der Waals surface area contributed by atoms with Gasteiger partial charge in [0.2, 0.25) is 0 Å². The number of aromatic nitrogens is 3. The zero-order valence-corrected chi connectivity index (χ0v) is 11.4. The standard InChI is InChI=1S/C14H12N4OS/c15-13(20)11-3-1-10(2-4-11)9-17-7-8-18-12(14(17)19)5-6-16-18/h1-8H,9H2,(H2,15,20). The first-order chi connectivity index (χ1) is 9.65. The minimum atomic E-state index is -0.0663. The van der Waals surface area contributed by atoms with Crippen molar-refractivity contribution >= 4 is 22.7 Å². The Balaban J connectivity index is 1.94. The first kappa shape index (κ1) is 12.6. The predicted octanol–water partition coefficient (Wildman–Crippen LogP) is 1.18. The van der Waals surface area contributed by atoms with E-state index in [1.807, 2.05) is 24.3 Å². The number of benzene rings is 1. The molecular weight excluding hydrogens is 272 g/mol. The minimum absolute atomic E-state index is 0.0663. The normalized spacial score (nSPS) is 10.8. The summed E-state index contributed by atoms with van der Waals surface area (Å²) < 4.78 is 3.21. The van der Waals surface area contributed by atoms with Crippen molar-refractivity contribution in [3.05, 3.63) is 70.4 Å². The van der Waals surface area contributed by atoms with Crippen molar-refractivity contribution in [3.63, 3.8) is 0 Å². The molecule has 0 bridgehead atoms. The van der Waals surface area contributed by atoms with Gasteiger partial charge in [0.25, 0.3) is 5.56 Å². The molecule has 0 radical (unpaired) electrons. The lowest BCUT2D eigenvalue weighted by atomic mass is 10.1. The molecule has 100 valence electrons. The Labute approximate surface area is 120 Å². The second-order valence-corrected chi connectivity index (χ2v) is 4.89. The smallest absolute Gasteiger partial charge is 0.276 e. The van der Waals surface area contributed by atoms with E-state index in [-0.39, 0.29) is 5.56 Å². The molecule has 0 atom stereocenters. The van der Waals surface area contributed by atoms with E-state index in [9.17, 15) is 4.79 Å². The van der Waals surface area contributed by atoms with E-state index in [0.29, 0.717) is 17.0 Å². The molecule has 3 rings (SSSR count). The van der Waals surface area contributed by atoms with E-state index >= 15 is 0 Å². The molecule has 0 unspecified atom stereocenters. The number of hydrogen-bond acceptors (Lipinski definition) is 3. The van der Waals surface area contributed by atoms with Crippen LogP contribution in [-0.2, 0) is 6.54 Å². The second-order valence-electron chi connectivity index (χ2n) is 4.45. The quantitative estimate of drug-likeness (QED) is 0.733. The number of hydrogen-bond donors (Lipinski definition) is 1. The molecule has 20 heavy (non-hydrogen) atoms. The van der Waals surface area contributed by atoms with Gasteiger partial charge < -0.3 is 10.3 Å². The zero-order chi connectivity index (χ0) is 14.1. The van der Waals surface area contributed by atoms with Crippen molar-refractivity contribution in [3.8, 4) is 0 Å². The Morgan fingerprint density at radius 2 is 1.95 bits per heavy atom. The predicted molar refractivity (Wildman–Crippen MR) is 80.9 cm³/mol. The molecule has 0 aliphatic heterocycles. The summed E-state index contributed by atoms with van der Waals surface area (Å²) in [6, 6.07) is 9.26. The summed E-state index contributed by atoms with van der Waals surface area (Å²) in [5.41, 5.74) is 7.89. The number of rotatable bonds is 3. The maximum atomic E-state index is 12.2. The Morgan fingerprint density at radius 3 is 2.65 bits per heavy atom. The summed E-state index contributed by atoms with van der Waals surface area (Å²) in [4.78, 5) is 12.6. The molecule has 2 heterocycles. The van der Waals surface area contributed by atoms with Crippen molar-refractivity contribution in [2.45, 2.75) is 6.54 Å². The van der Waals surface area contributed by atoms with Crippen molar-refractivity contribution in [2.75, 3.05) is 0 Å². The molecule has 0 fully saturated rings. The third-order valence-electron chi connectivity index (χ3n) is 3.13. The third kappa shape index (κ3) is 2.21. The van der Waals surface area contributed by atoms with Crippen LogP contribution in [0.25, 0.3) is 5.52 Å². The molecule has 0 amide bonds. The number of thiocarbonyl (C=S) groups is 1. The van der Waals surface area contributed by atoms with Gasteiger partial charge in [-0.2, -0.15) is 5.10 Å². The highest BCUT2D eigenvalue weighted by Crippen LogP contribution is 2.06. The molecule has 5 nitrogen and oxygen atoms in total. The molecule has 0 saturated carbocycles. The van der Waals surface area contributed by atoms with E-state index < -0.39 is 0 Å². The first-order valence-corrected chi connectivity index (χ1v) is 6.47. The first-order valence-electron chi connectivity index (χ1n) is 6.07. The molecule has 0 saturated heterocycles. The Bertz CT molecular complexity index is 832. The van der Waals surface area contributed by atoms with Gasteiger partial charge >= 0.3 is 0 Å². The lowest BCUT2D eigenvalue weighted by molar-refractivity contribution is 0.743. The summed E-state index contributed by atoms with van der Waals surface area (Å²) in [7, 11) is 0. The van der Waals surface area contributed by atoms with Crippen LogP contribution in [0.3, 0.4) is 0 Å². The maximum absolute atomic E-state index is 12.2. The Hall–Kier alpha value is -2.47. The molecular formula is C14H12N4OS. The fourth-order valence-corrected chi connectivity index (χ4v) is 2.19. The van der Waals surface area contributed by atoms with Gasteiger partial charge in [0, 0.05) is 18.0 Å². The molecule has 0 aliphatic carbocycles. The Morgan fingerprint density at radius 1 is 1.20 bits per heavy atom. The summed E-state index contributed by atoms with van der Waals surface area (Å²) in [5, 5.41) is 4.03. The van der Waals surface area contributed by atoms with E-state index in [2.05, 4.69) is 5.10 Å². The molecule has 6 heteroatoms. The maximum Gasteiger partial charge on any atom is 0.276 e. The average molecular weight is 284 g/mol. The topological polar surface area (TPSA) is 65.3 Å². The number of nitrogens with zero attached hydrogens (tertiary/aromatic N) is 3. The van der Waals surface area contributed by atoms with E-state index in [0.717, 1.165) is 11.1 Å². The van der Waals surface area contributed by atoms with Crippen LogP contribution in [0.2, 0.25) is 0 Å². The SMILES string of the molecule is NC(=S)c1ccc(Cn2ccn3nccc3c2=O)cc1. The highest BCUT2D eigenvalue weighted by atomic mass is 32.1. The van der Waals surface area contributed by atoms with Gasteiger partial charge in [-0.1, -0.05) is 36.5 Å². The van der Waals surface area contributed by atoms with Gasteiger partial charge in [-0.15, -0.1) is 0 Å². The van der Waals surface area contributed by atoms with Crippen molar-refractivity contribution in [1.29, 1.82) is 0 Å². The number of fused-ring (bicyclic) bond motifs is 1. The van der Waals surface area contributed by atoms with E-state index in [4.69, 9.17) is 18.0 Å².